The molecule has 3 aromatic rings. The molecule has 0 aliphatic carbocycles. The van der Waals surface area contributed by atoms with Crippen LogP contribution in [-0.2, 0) is 13.2 Å². The van der Waals surface area contributed by atoms with E-state index in [4.69, 9.17) is 4.42 Å². The molecule has 1 N–H and O–H groups in total. The zero-order valence-electron chi connectivity index (χ0n) is 17.8. The number of hydrogen-bond acceptors (Lipinski definition) is 5. The first-order chi connectivity index (χ1) is 15.2. The fourth-order valence-corrected chi connectivity index (χ4v) is 4.14. The topological polar surface area (TPSA) is 61.9 Å². The minimum atomic E-state index is -4.34. The van der Waals surface area contributed by atoms with Gasteiger partial charge in [-0.1, -0.05) is 12.1 Å². The number of aryl methyl sites for hydroxylation is 1. The van der Waals surface area contributed by atoms with Gasteiger partial charge in [0.25, 0.3) is 0 Å². The summed E-state index contributed by atoms with van der Waals surface area (Å²) < 4.78 is 45.5. The van der Waals surface area contributed by atoms with Gasteiger partial charge >= 0.3 is 11.9 Å². The molecule has 1 aliphatic rings. The number of benzene rings is 2. The van der Waals surface area contributed by atoms with Gasteiger partial charge in [0.15, 0.2) is 5.58 Å². The highest BCUT2D eigenvalue weighted by Gasteiger charge is 2.31. The SMILES string of the molecule is Cn1c(=O)oc2cc(C(O)CCCN3CCN(c4cccc(C(F)(F)F)c4)CC3)ccc21. The van der Waals surface area contributed by atoms with Crippen LogP contribution >= 0.6 is 0 Å². The van der Waals surface area contributed by atoms with Crippen LogP contribution < -0.4 is 10.7 Å². The van der Waals surface area contributed by atoms with Crippen molar-refractivity contribution >= 4 is 16.8 Å². The number of aliphatic hydroxyl groups excluding tert-OH is 1. The lowest BCUT2D eigenvalue weighted by Crippen LogP contribution is -2.46. The largest absolute Gasteiger partial charge is 0.419 e. The number of anilines is 1. The van der Waals surface area contributed by atoms with E-state index in [0.29, 0.717) is 41.9 Å². The summed E-state index contributed by atoms with van der Waals surface area (Å²) in [5, 5.41) is 10.5. The fraction of sp³-hybridized carbons (Fsp3) is 0.435. The van der Waals surface area contributed by atoms with Crippen molar-refractivity contribution < 1.29 is 22.7 Å². The molecule has 0 spiro atoms. The maximum Gasteiger partial charge on any atom is 0.419 e. The molecule has 1 unspecified atom stereocenters. The number of hydrogen-bond donors (Lipinski definition) is 1. The third-order valence-electron chi connectivity index (χ3n) is 6.06. The second-order valence-corrected chi connectivity index (χ2v) is 8.19. The number of fused-ring (bicyclic) bond motifs is 1. The zero-order chi connectivity index (χ0) is 22.9. The average molecular weight is 449 g/mol. The first kappa shape index (κ1) is 22.4. The molecule has 0 saturated carbocycles. The van der Waals surface area contributed by atoms with Crippen LogP contribution in [-0.4, -0.2) is 47.3 Å². The minimum absolute atomic E-state index is 0.434. The van der Waals surface area contributed by atoms with E-state index in [2.05, 4.69) is 4.90 Å². The Morgan fingerprint density at radius 1 is 1.09 bits per heavy atom. The lowest BCUT2D eigenvalue weighted by Gasteiger charge is -2.36. The van der Waals surface area contributed by atoms with E-state index < -0.39 is 23.6 Å². The van der Waals surface area contributed by atoms with E-state index in [0.717, 1.165) is 32.1 Å². The van der Waals surface area contributed by atoms with Gasteiger partial charge in [-0.2, -0.15) is 13.2 Å². The Kier molecular flexibility index (Phi) is 6.30. The van der Waals surface area contributed by atoms with Crippen molar-refractivity contribution in [1.82, 2.24) is 9.47 Å². The van der Waals surface area contributed by atoms with E-state index in [9.17, 15) is 23.1 Å². The van der Waals surface area contributed by atoms with Gasteiger partial charge in [0.1, 0.15) is 0 Å². The highest BCUT2D eigenvalue weighted by Crippen LogP contribution is 2.32. The van der Waals surface area contributed by atoms with Crippen LogP contribution in [0.1, 0.15) is 30.1 Å². The van der Waals surface area contributed by atoms with Gasteiger partial charge in [-0.25, -0.2) is 4.79 Å². The molecule has 1 atom stereocenters. The number of aromatic nitrogens is 1. The molecule has 172 valence electrons. The van der Waals surface area contributed by atoms with Gasteiger partial charge in [0.2, 0.25) is 0 Å². The molecule has 32 heavy (non-hydrogen) atoms. The summed E-state index contributed by atoms with van der Waals surface area (Å²) in [6.45, 7) is 3.64. The first-order valence-corrected chi connectivity index (χ1v) is 10.6. The molecule has 2 aromatic carbocycles. The first-order valence-electron chi connectivity index (χ1n) is 10.6. The van der Waals surface area contributed by atoms with Gasteiger partial charge in [-0.05, 0) is 55.3 Å². The molecule has 1 fully saturated rings. The van der Waals surface area contributed by atoms with Crippen molar-refractivity contribution in [3.63, 3.8) is 0 Å². The van der Waals surface area contributed by atoms with E-state index in [1.807, 2.05) is 4.90 Å². The Morgan fingerprint density at radius 2 is 1.84 bits per heavy atom. The predicted octanol–water partition coefficient (Wildman–Crippen LogP) is 3.79. The molecule has 6 nitrogen and oxygen atoms in total. The van der Waals surface area contributed by atoms with Crippen molar-refractivity contribution in [2.75, 3.05) is 37.6 Å². The summed E-state index contributed by atoms with van der Waals surface area (Å²) in [5.41, 5.74) is 1.82. The summed E-state index contributed by atoms with van der Waals surface area (Å²) in [4.78, 5) is 15.9. The monoisotopic (exact) mass is 449 g/mol. The second kappa shape index (κ2) is 8.99. The van der Waals surface area contributed by atoms with Crippen LogP contribution in [0.2, 0.25) is 0 Å². The third kappa shape index (κ3) is 4.83. The maximum atomic E-state index is 13.0. The van der Waals surface area contributed by atoms with Crippen molar-refractivity contribution in [2.45, 2.75) is 25.1 Å². The standard InChI is InChI=1S/C23H26F3N3O3/c1-27-19-8-7-16(14-21(19)32-22(27)31)20(30)6-3-9-28-10-12-29(13-11-28)18-5-2-4-17(15-18)23(24,25)26/h2,4-5,7-8,14-15,20,30H,3,6,9-13H2,1H3. The van der Waals surface area contributed by atoms with Crippen LogP contribution in [0.4, 0.5) is 18.9 Å². The van der Waals surface area contributed by atoms with Crippen molar-refractivity contribution in [3.05, 3.63) is 64.1 Å². The maximum absolute atomic E-state index is 13.0. The number of alkyl halides is 3. The Balaban J connectivity index is 1.26. The van der Waals surface area contributed by atoms with Gasteiger partial charge in [0, 0.05) is 38.9 Å². The van der Waals surface area contributed by atoms with Crippen LogP contribution in [0, 0.1) is 0 Å². The average Bonchev–Trinajstić information content (AvgIpc) is 3.06. The molecule has 1 saturated heterocycles. The molecule has 2 heterocycles. The summed E-state index contributed by atoms with van der Waals surface area (Å²) in [6.07, 6.45) is -3.65. The lowest BCUT2D eigenvalue weighted by atomic mass is 10.0. The predicted molar refractivity (Wildman–Crippen MR) is 116 cm³/mol. The Hall–Kier alpha value is -2.78. The third-order valence-corrected chi connectivity index (χ3v) is 6.06. The molecular formula is C23H26F3N3O3. The van der Waals surface area contributed by atoms with Crippen molar-refractivity contribution in [2.24, 2.45) is 7.05 Å². The quantitative estimate of drug-likeness (QED) is 0.621. The van der Waals surface area contributed by atoms with E-state index in [-0.39, 0.29) is 0 Å². The molecule has 1 aliphatic heterocycles. The zero-order valence-corrected chi connectivity index (χ0v) is 17.8. The van der Waals surface area contributed by atoms with E-state index >= 15 is 0 Å². The number of rotatable bonds is 6. The van der Waals surface area contributed by atoms with Crippen molar-refractivity contribution in [1.29, 1.82) is 0 Å². The van der Waals surface area contributed by atoms with Gasteiger partial charge in [-0.3, -0.25) is 9.47 Å². The summed E-state index contributed by atoms with van der Waals surface area (Å²) >= 11 is 0. The van der Waals surface area contributed by atoms with E-state index in [1.54, 1.807) is 31.3 Å². The molecule has 1 aromatic heterocycles. The number of oxazole rings is 1. The lowest BCUT2D eigenvalue weighted by molar-refractivity contribution is -0.137. The number of aliphatic hydroxyl groups is 1. The van der Waals surface area contributed by atoms with E-state index in [1.165, 1.54) is 16.7 Å². The number of nitrogens with zero attached hydrogens (tertiary/aromatic N) is 3. The summed E-state index contributed by atoms with van der Waals surface area (Å²) in [6, 6.07) is 10.7. The van der Waals surface area contributed by atoms with Crippen LogP contribution in [0.25, 0.3) is 11.1 Å². The highest BCUT2D eigenvalue weighted by atomic mass is 19.4. The Bertz CT molecular complexity index is 1130. The second-order valence-electron chi connectivity index (χ2n) is 8.19. The number of halogens is 3. The molecule has 0 amide bonds. The summed E-state index contributed by atoms with van der Waals surface area (Å²) in [7, 11) is 1.64. The van der Waals surface area contributed by atoms with Crippen molar-refractivity contribution in [3.8, 4) is 0 Å². The molecule has 0 radical (unpaired) electrons. The molecule has 0 bridgehead atoms. The van der Waals surface area contributed by atoms with Crippen LogP contribution in [0.15, 0.2) is 51.7 Å². The Labute approximate surface area is 183 Å². The minimum Gasteiger partial charge on any atom is -0.408 e. The summed E-state index contributed by atoms with van der Waals surface area (Å²) in [5.74, 6) is -0.434. The van der Waals surface area contributed by atoms with Gasteiger partial charge in [-0.15, -0.1) is 0 Å². The van der Waals surface area contributed by atoms with Crippen LogP contribution in [0.5, 0.6) is 0 Å². The highest BCUT2D eigenvalue weighted by molar-refractivity contribution is 5.73. The Morgan fingerprint density at radius 3 is 2.56 bits per heavy atom. The van der Waals surface area contributed by atoms with Gasteiger partial charge < -0.3 is 14.4 Å². The van der Waals surface area contributed by atoms with Crippen LogP contribution in [0.3, 0.4) is 0 Å². The molecular weight excluding hydrogens is 423 g/mol. The molecule has 9 heteroatoms. The fourth-order valence-electron chi connectivity index (χ4n) is 4.14. The van der Waals surface area contributed by atoms with Gasteiger partial charge in [0.05, 0.1) is 17.2 Å². The number of piperazine rings is 1. The molecule has 4 rings (SSSR count). The smallest absolute Gasteiger partial charge is 0.408 e. The normalized spacial score (nSPS) is 16.6.